The van der Waals surface area contributed by atoms with Crippen LogP contribution in [0.5, 0.6) is 0 Å². The van der Waals surface area contributed by atoms with Crippen molar-refractivity contribution in [2.24, 2.45) is 0 Å². The van der Waals surface area contributed by atoms with Crippen molar-refractivity contribution in [1.29, 1.82) is 0 Å². The largest absolute Gasteiger partial charge is 0.345 e. The number of halogens is 2. The van der Waals surface area contributed by atoms with Gasteiger partial charge >= 0.3 is 0 Å². The number of sulfonamides is 1. The molecular weight excluding hydrogens is 494 g/mol. The van der Waals surface area contributed by atoms with E-state index >= 15 is 0 Å². The van der Waals surface area contributed by atoms with Crippen molar-refractivity contribution in [3.05, 3.63) is 62.9 Å². The maximum atomic E-state index is 13.0. The molecule has 0 unspecified atom stereocenters. The van der Waals surface area contributed by atoms with Crippen LogP contribution in [0, 0.1) is 6.92 Å². The average molecular weight is 513 g/mol. The molecule has 0 bridgehead atoms. The van der Waals surface area contributed by atoms with Crippen LogP contribution in [-0.2, 0) is 10.0 Å². The van der Waals surface area contributed by atoms with Crippen LogP contribution in [0.3, 0.4) is 0 Å². The Kier molecular flexibility index (Phi) is 5.99. The normalized spacial score (nSPS) is 15.6. The molecule has 1 aliphatic heterocycles. The third kappa shape index (κ3) is 4.22. The van der Waals surface area contributed by atoms with Gasteiger partial charge < -0.3 is 4.90 Å². The third-order valence-corrected chi connectivity index (χ3v) is 8.71. The van der Waals surface area contributed by atoms with E-state index in [0.29, 0.717) is 26.2 Å². The SMILES string of the molecule is Cc1ccccc1-c1csc(N2CCN(S(=O)(=O)c3ccc(Br)cc3Cl)CC2)n1. The number of aryl methyl sites for hydroxylation is 1. The third-order valence-electron chi connectivity index (χ3n) is 4.93. The number of piperazine rings is 1. The van der Waals surface area contributed by atoms with E-state index in [9.17, 15) is 8.42 Å². The topological polar surface area (TPSA) is 53.5 Å². The van der Waals surface area contributed by atoms with Gasteiger partial charge in [-0.25, -0.2) is 13.4 Å². The summed E-state index contributed by atoms with van der Waals surface area (Å²) in [5.74, 6) is 0. The summed E-state index contributed by atoms with van der Waals surface area (Å²) in [6.45, 7) is 4.05. The van der Waals surface area contributed by atoms with Crippen LogP contribution in [-0.4, -0.2) is 43.9 Å². The molecule has 1 saturated heterocycles. The smallest absolute Gasteiger partial charge is 0.244 e. The number of nitrogens with zero attached hydrogens (tertiary/aromatic N) is 3. The van der Waals surface area contributed by atoms with Crippen molar-refractivity contribution < 1.29 is 8.42 Å². The maximum Gasteiger partial charge on any atom is 0.244 e. The lowest BCUT2D eigenvalue weighted by atomic mass is 10.1. The van der Waals surface area contributed by atoms with Crippen LogP contribution < -0.4 is 4.90 Å². The van der Waals surface area contributed by atoms with Gasteiger partial charge in [-0.1, -0.05) is 51.8 Å². The number of hydrogen-bond acceptors (Lipinski definition) is 5. The molecule has 2 heterocycles. The van der Waals surface area contributed by atoms with Crippen molar-refractivity contribution in [2.75, 3.05) is 31.1 Å². The molecule has 0 N–H and O–H groups in total. The second kappa shape index (κ2) is 8.35. The van der Waals surface area contributed by atoms with E-state index in [4.69, 9.17) is 16.6 Å². The van der Waals surface area contributed by atoms with Crippen molar-refractivity contribution in [3.63, 3.8) is 0 Å². The van der Waals surface area contributed by atoms with Crippen LogP contribution in [0.4, 0.5) is 5.13 Å². The summed E-state index contributed by atoms with van der Waals surface area (Å²) in [5.41, 5.74) is 3.27. The number of thiazole rings is 1. The fourth-order valence-electron chi connectivity index (χ4n) is 3.34. The van der Waals surface area contributed by atoms with E-state index in [0.717, 1.165) is 20.9 Å². The number of rotatable bonds is 4. The number of benzene rings is 2. The van der Waals surface area contributed by atoms with Crippen molar-refractivity contribution >= 4 is 54.0 Å². The first-order chi connectivity index (χ1) is 13.9. The Bertz CT molecular complexity index is 1140. The van der Waals surface area contributed by atoms with Crippen molar-refractivity contribution in [1.82, 2.24) is 9.29 Å². The molecule has 0 spiro atoms. The number of anilines is 1. The van der Waals surface area contributed by atoms with Gasteiger partial charge in [0.1, 0.15) is 4.90 Å². The Labute approximate surface area is 188 Å². The molecule has 4 rings (SSSR count). The van der Waals surface area contributed by atoms with Crippen LogP contribution in [0.25, 0.3) is 11.3 Å². The Hall–Kier alpha value is -1.45. The van der Waals surface area contributed by atoms with Crippen LogP contribution in [0.2, 0.25) is 5.02 Å². The second-order valence-electron chi connectivity index (χ2n) is 6.80. The van der Waals surface area contributed by atoms with E-state index < -0.39 is 10.0 Å². The van der Waals surface area contributed by atoms with Gasteiger partial charge in [0.15, 0.2) is 5.13 Å². The lowest BCUT2D eigenvalue weighted by Crippen LogP contribution is -2.48. The zero-order chi connectivity index (χ0) is 20.6. The zero-order valence-electron chi connectivity index (χ0n) is 15.7. The van der Waals surface area contributed by atoms with Crippen molar-refractivity contribution in [3.8, 4) is 11.3 Å². The quantitative estimate of drug-likeness (QED) is 0.491. The molecule has 29 heavy (non-hydrogen) atoms. The Morgan fingerprint density at radius 1 is 1.10 bits per heavy atom. The minimum Gasteiger partial charge on any atom is -0.345 e. The van der Waals surface area contributed by atoms with Crippen LogP contribution >= 0.6 is 38.9 Å². The first-order valence-corrected chi connectivity index (χ1v) is 12.6. The first-order valence-electron chi connectivity index (χ1n) is 9.08. The van der Waals surface area contributed by atoms with E-state index in [1.54, 1.807) is 29.5 Å². The molecular formula is C20H19BrClN3O2S2. The van der Waals surface area contributed by atoms with Gasteiger partial charge in [-0.3, -0.25) is 0 Å². The Morgan fingerprint density at radius 2 is 1.83 bits per heavy atom. The monoisotopic (exact) mass is 511 g/mol. The highest BCUT2D eigenvalue weighted by atomic mass is 79.9. The Morgan fingerprint density at radius 3 is 2.52 bits per heavy atom. The predicted molar refractivity (Wildman–Crippen MR) is 122 cm³/mol. The summed E-state index contributed by atoms with van der Waals surface area (Å²) in [7, 11) is -3.62. The molecule has 1 aromatic heterocycles. The van der Waals surface area contributed by atoms with Gasteiger partial charge in [0.25, 0.3) is 0 Å². The van der Waals surface area contributed by atoms with Gasteiger partial charge in [-0.2, -0.15) is 4.31 Å². The van der Waals surface area contributed by atoms with Gasteiger partial charge in [0, 0.05) is 41.6 Å². The summed E-state index contributed by atoms with van der Waals surface area (Å²) < 4.78 is 28.2. The van der Waals surface area contributed by atoms with Crippen LogP contribution in [0.1, 0.15) is 5.56 Å². The van der Waals surface area contributed by atoms with Gasteiger partial charge in [0.2, 0.25) is 10.0 Å². The molecule has 0 amide bonds. The molecule has 9 heteroatoms. The molecule has 0 radical (unpaired) electrons. The molecule has 5 nitrogen and oxygen atoms in total. The van der Waals surface area contributed by atoms with E-state index in [2.05, 4.69) is 45.3 Å². The highest BCUT2D eigenvalue weighted by molar-refractivity contribution is 9.10. The van der Waals surface area contributed by atoms with Gasteiger partial charge in [-0.15, -0.1) is 11.3 Å². The van der Waals surface area contributed by atoms with Crippen LogP contribution in [0.15, 0.2) is 57.2 Å². The molecule has 1 fully saturated rings. The highest BCUT2D eigenvalue weighted by Crippen LogP contribution is 2.32. The molecule has 2 aromatic carbocycles. The lowest BCUT2D eigenvalue weighted by Gasteiger charge is -2.33. The highest BCUT2D eigenvalue weighted by Gasteiger charge is 2.31. The fourth-order valence-corrected chi connectivity index (χ4v) is 6.65. The summed E-state index contributed by atoms with van der Waals surface area (Å²) in [6.07, 6.45) is 0. The van der Waals surface area contributed by atoms with E-state index in [-0.39, 0.29) is 9.92 Å². The summed E-state index contributed by atoms with van der Waals surface area (Å²) >= 11 is 11.1. The summed E-state index contributed by atoms with van der Waals surface area (Å²) in [6, 6.07) is 13.0. The minimum atomic E-state index is -3.62. The molecule has 152 valence electrons. The zero-order valence-corrected chi connectivity index (χ0v) is 19.7. The standard InChI is InChI=1S/C20H19BrClN3O2S2/c1-14-4-2-3-5-16(14)18-13-28-20(23-18)24-8-10-25(11-9-24)29(26,27)19-7-6-15(21)12-17(19)22/h2-7,12-13H,8-11H2,1H3. The summed E-state index contributed by atoms with van der Waals surface area (Å²) in [5, 5.41) is 3.20. The maximum absolute atomic E-state index is 13.0. The fraction of sp³-hybridized carbons (Fsp3) is 0.250. The molecule has 0 saturated carbocycles. The molecule has 0 aliphatic carbocycles. The average Bonchev–Trinajstić information content (AvgIpc) is 3.18. The minimum absolute atomic E-state index is 0.145. The predicted octanol–water partition coefficient (Wildman–Crippen LogP) is 5.05. The molecule has 1 aliphatic rings. The Balaban J connectivity index is 1.48. The van der Waals surface area contributed by atoms with E-state index in [1.807, 2.05) is 12.1 Å². The van der Waals surface area contributed by atoms with E-state index in [1.165, 1.54) is 9.87 Å². The number of aromatic nitrogens is 1. The lowest BCUT2D eigenvalue weighted by molar-refractivity contribution is 0.385. The van der Waals surface area contributed by atoms with Crippen molar-refractivity contribution in [2.45, 2.75) is 11.8 Å². The molecule has 0 atom stereocenters. The molecule has 3 aromatic rings. The summed E-state index contributed by atoms with van der Waals surface area (Å²) in [4.78, 5) is 7.07. The number of hydrogen-bond donors (Lipinski definition) is 0. The van der Waals surface area contributed by atoms with Gasteiger partial charge in [0.05, 0.1) is 10.7 Å². The second-order valence-corrected chi connectivity index (χ2v) is 10.9. The van der Waals surface area contributed by atoms with Gasteiger partial charge in [-0.05, 0) is 30.7 Å². The first kappa shape index (κ1) is 20.8.